The highest BCUT2D eigenvalue weighted by Gasteiger charge is 2.08. The van der Waals surface area contributed by atoms with Gasteiger partial charge >= 0.3 is 0 Å². The number of phenols is 1. The first-order valence-corrected chi connectivity index (χ1v) is 7.96. The number of benzene rings is 2. The Morgan fingerprint density at radius 2 is 1.96 bits per heavy atom. The summed E-state index contributed by atoms with van der Waals surface area (Å²) < 4.78 is 1.59. The second kappa shape index (κ2) is 7.48. The molecule has 130 valence electrons. The van der Waals surface area contributed by atoms with Crippen LogP contribution in [-0.4, -0.2) is 27.7 Å². The van der Waals surface area contributed by atoms with Crippen LogP contribution in [0, 0.1) is 0 Å². The van der Waals surface area contributed by atoms with E-state index in [0.29, 0.717) is 5.56 Å². The molecule has 0 unspecified atom stereocenters. The molecular weight excluding hydrogens is 330 g/mol. The van der Waals surface area contributed by atoms with E-state index in [0.717, 1.165) is 16.5 Å². The van der Waals surface area contributed by atoms with Crippen molar-refractivity contribution >= 4 is 35.0 Å². The van der Waals surface area contributed by atoms with E-state index in [1.807, 2.05) is 30.3 Å². The number of aromatic hydroxyl groups is 1. The second-order valence-corrected chi connectivity index (χ2v) is 5.62. The average Bonchev–Trinajstić information content (AvgIpc) is 3.00. The van der Waals surface area contributed by atoms with Crippen LogP contribution in [0.4, 0.5) is 0 Å². The number of rotatable bonds is 4. The predicted molar refractivity (Wildman–Crippen MR) is 101 cm³/mol. The number of carbonyl (C=O) groups is 2. The van der Waals surface area contributed by atoms with Gasteiger partial charge in [-0.1, -0.05) is 30.3 Å². The lowest BCUT2D eigenvalue weighted by atomic mass is 10.1. The van der Waals surface area contributed by atoms with Crippen molar-refractivity contribution in [3.8, 4) is 5.75 Å². The molecule has 0 fully saturated rings. The average molecular weight is 347 g/mol. The van der Waals surface area contributed by atoms with E-state index >= 15 is 0 Å². The first-order valence-electron chi connectivity index (χ1n) is 7.96. The van der Waals surface area contributed by atoms with Crippen molar-refractivity contribution in [1.82, 2.24) is 9.99 Å². The molecule has 0 saturated carbocycles. The lowest BCUT2D eigenvalue weighted by Crippen LogP contribution is -2.17. The van der Waals surface area contributed by atoms with Gasteiger partial charge < -0.3 is 5.11 Å². The molecule has 6 heteroatoms. The molecule has 0 atom stereocenters. The Labute approximate surface area is 150 Å². The van der Waals surface area contributed by atoms with Crippen molar-refractivity contribution in [3.05, 3.63) is 71.9 Å². The summed E-state index contributed by atoms with van der Waals surface area (Å²) in [7, 11) is 0. The van der Waals surface area contributed by atoms with Gasteiger partial charge in [0, 0.05) is 35.8 Å². The maximum absolute atomic E-state index is 11.9. The Hall–Kier alpha value is -3.67. The molecule has 0 aliphatic heterocycles. The van der Waals surface area contributed by atoms with E-state index < -0.39 is 5.91 Å². The highest BCUT2D eigenvalue weighted by Crippen LogP contribution is 2.22. The summed E-state index contributed by atoms with van der Waals surface area (Å²) in [4.78, 5) is 23.6. The number of aromatic nitrogens is 1. The molecule has 1 aromatic heterocycles. The smallest absolute Gasteiger partial charge is 0.271 e. The zero-order valence-electron chi connectivity index (χ0n) is 14.1. The van der Waals surface area contributed by atoms with Gasteiger partial charge in [0.2, 0.25) is 5.91 Å². The molecule has 6 nitrogen and oxygen atoms in total. The first-order chi connectivity index (χ1) is 12.6. The minimum absolute atomic E-state index is 0.0170. The number of nitrogens with zero attached hydrogens (tertiary/aromatic N) is 2. The van der Waals surface area contributed by atoms with Crippen LogP contribution in [0.15, 0.2) is 65.9 Å². The van der Waals surface area contributed by atoms with Gasteiger partial charge in [0.15, 0.2) is 0 Å². The maximum atomic E-state index is 11.9. The van der Waals surface area contributed by atoms with E-state index in [-0.39, 0.29) is 11.7 Å². The van der Waals surface area contributed by atoms with E-state index in [4.69, 9.17) is 0 Å². The molecule has 2 N–H and O–H groups in total. The van der Waals surface area contributed by atoms with Crippen LogP contribution in [0.25, 0.3) is 17.0 Å². The Bertz CT molecular complexity index is 1030. The summed E-state index contributed by atoms with van der Waals surface area (Å²) in [5, 5.41) is 14.2. The van der Waals surface area contributed by atoms with Gasteiger partial charge in [0.1, 0.15) is 5.75 Å². The number of nitrogens with one attached hydrogen (secondary N) is 1. The van der Waals surface area contributed by atoms with Gasteiger partial charge in [-0.2, -0.15) is 5.10 Å². The molecule has 0 aliphatic carbocycles. The number of phenolic OH excluding ortho intramolecular Hbond substituents is 1. The number of carbonyl (C=O) groups excluding carboxylic acids is 2. The second-order valence-electron chi connectivity index (χ2n) is 5.62. The minimum Gasteiger partial charge on any atom is -0.508 e. The van der Waals surface area contributed by atoms with Gasteiger partial charge in [-0.25, -0.2) is 5.43 Å². The summed E-state index contributed by atoms with van der Waals surface area (Å²) in [5.41, 5.74) is 4.42. The van der Waals surface area contributed by atoms with Crippen molar-refractivity contribution in [2.45, 2.75) is 6.92 Å². The summed E-state index contributed by atoms with van der Waals surface area (Å²) in [6.45, 7) is 1.51. The minimum atomic E-state index is -0.418. The third-order valence-electron chi connectivity index (χ3n) is 3.79. The van der Waals surface area contributed by atoms with Gasteiger partial charge in [-0.05, 0) is 30.3 Å². The van der Waals surface area contributed by atoms with Crippen LogP contribution in [0.1, 0.15) is 27.6 Å². The van der Waals surface area contributed by atoms with Crippen molar-refractivity contribution < 1.29 is 14.7 Å². The third kappa shape index (κ3) is 3.70. The van der Waals surface area contributed by atoms with Crippen molar-refractivity contribution in [2.75, 3.05) is 0 Å². The molecule has 0 aliphatic rings. The number of hydrazone groups is 1. The Morgan fingerprint density at radius 3 is 2.73 bits per heavy atom. The van der Waals surface area contributed by atoms with Crippen LogP contribution < -0.4 is 5.43 Å². The molecule has 26 heavy (non-hydrogen) atoms. The lowest BCUT2D eigenvalue weighted by molar-refractivity contribution is 0.0937. The topological polar surface area (TPSA) is 83.7 Å². The fourth-order valence-corrected chi connectivity index (χ4v) is 2.60. The molecule has 0 radical (unpaired) electrons. The standard InChI is InChI=1S/C20H17N3O3/c1-14(24)23-13-16(18-9-2-3-10-19(18)23)7-5-11-21-22-20(26)15-6-4-8-17(25)12-15/h2-13,25H,1H3,(H,22,26). The Morgan fingerprint density at radius 1 is 1.15 bits per heavy atom. The van der Waals surface area contributed by atoms with Crippen molar-refractivity contribution in [1.29, 1.82) is 0 Å². The van der Waals surface area contributed by atoms with Crippen molar-refractivity contribution in [2.24, 2.45) is 5.10 Å². The first kappa shape index (κ1) is 17.2. The van der Waals surface area contributed by atoms with E-state index in [1.54, 1.807) is 29.0 Å². The summed E-state index contributed by atoms with van der Waals surface area (Å²) >= 11 is 0. The predicted octanol–water partition coefficient (Wildman–Crippen LogP) is 3.44. The third-order valence-corrected chi connectivity index (χ3v) is 3.79. The van der Waals surface area contributed by atoms with E-state index in [9.17, 15) is 14.7 Å². The molecule has 1 heterocycles. The number of allylic oxidation sites excluding steroid dienone is 1. The zero-order chi connectivity index (χ0) is 18.5. The quantitative estimate of drug-likeness (QED) is 0.560. The number of para-hydroxylation sites is 1. The van der Waals surface area contributed by atoms with E-state index in [2.05, 4.69) is 10.5 Å². The number of hydrogen-bond donors (Lipinski definition) is 2. The highest BCUT2D eigenvalue weighted by atomic mass is 16.3. The van der Waals surface area contributed by atoms with Gasteiger partial charge in [-0.15, -0.1) is 0 Å². The van der Waals surface area contributed by atoms with Crippen LogP contribution in [0.5, 0.6) is 5.75 Å². The number of amides is 1. The normalized spacial score (nSPS) is 11.4. The summed E-state index contributed by atoms with van der Waals surface area (Å²) in [6.07, 6.45) is 6.70. The molecule has 0 saturated heterocycles. The highest BCUT2D eigenvalue weighted by molar-refractivity contribution is 5.98. The van der Waals surface area contributed by atoms with Crippen molar-refractivity contribution in [3.63, 3.8) is 0 Å². The van der Waals surface area contributed by atoms with Gasteiger partial charge in [-0.3, -0.25) is 14.2 Å². The van der Waals surface area contributed by atoms with Crippen LogP contribution >= 0.6 is 0 Å². The zero-order valence-corrected chi connectivity index (χ0v) is 14.1. The number of hydrogen-bond acceptors (Lipinski definition) is 4. The summed E-state index contributed by atoms with van der Waals surface area (Å²) in [6, 6.07) is 13.6. The maximum Gasteiger partial charge on any atom is 0.271 e. The van der Waals surface area contributed by atoms with E-state index in [1.165, 1.54) is 25.3 Å². The summed E-state index contributed by atoms with van der Waals surface area (Å²) in [5.74, 6) is -0.463. The van der Waals surface area contributed by atoms with Gasteiger partial charge in [0.25, 0.3) is 5.91 Å². The van der Waals surface area contributed by atoms with Crippen LogP contribution in [0.2, 0.25) is 0 Å². The molecule has 2 aromatic carbocycles. The SMILES string of the molecule is CC(=O)n1cc(C=CC=NNC(=O)c2cccc(O)c2)c2ccccc21. The fourth-order valence-electron chi connectivity index (χ4n) is 2.60. The Kier molecular flexibility index (Phi) is 4.94. The Balaban J connectivity index is 1.71. The molecule has 3 rings (SSSR count). The molecule has 0 spiro atoms. The molecule has 3 aromatic rings. The lowest BCUT2D eigenvalue weighted by Gasteiger charge is -1.99. The van der Waals surface area contributed by atoms with Crippen LogP contribution in [-0.2, 0) is 0 Å². The largest absolute Gasteiger partial charge is 0.508 e. The fraction of sp³-hybridized carbons (Fsp3) is 0.0500. The number of fused-ring (bicyclic) bond motifs is 1. The molecule has 0 bridgehead atoms. The van der Waals surface area contributed by atoms with Gasteiger partial charge in [0.05, 0.1) is 5.52 Å². The van der Waals surface area contributed by atoms with Crippen LogP contribution in [0.3, 0.4) is 0 Å². The monoisotopic (exact) mass is 347 g/mol. The molecular formula is C20H17N3O3. The molecule has 1 amide bonds.